The zero-order chi connectivity index (χ0) is 11.1. The van der Waals surface area contributed by atoms with Gasteiger partial charge in [0.25, 0.3) is 0 Å². The van der Waals surface area contributed by atoms with Gasteiger partial charge in [-0.25, -0.2) is 5.06 Å². The Morgan fingerprint density at radius 3 is 2.50 bits per heavy atom. The van der Waals surface area contributed by atoms with Crippen LogP contribution in [0.1, 0.15) is 27.2 Å². The van der Waals surface area contributed by atoms with Gasteiger partial charge in [-0.05, 0) is 12.3 Å². The summed E-state index contributed by atoms with van der Waals surface area (Å²) in [6.45, 7) is 6.21. The average molecular weight is 202 g/mol. The fraction of sp³-hybridized carbons (Fsp3) is 0.778. The third kappa shape index (κ3) is 4.23. The molecule has 0 aromatic carbocycles. The van der Waals surface area contributed by atoms with Crippen molar-refractivity contribution >= 4 is 12.3 Å². The van der Waals surface area contributed by atoms with Crippen LogP contribution in [0.4, 0.5) is 0 Å². The van der Waals surface area contributed by atoms with Gasteiger partial charge in [-0.2, -0.15) is 0 Å². The number of carbonyl (C=O) groups excluding carboxylic acids is 2. The second-order valence-corrected chi connectivity index (χ2v) is 3.55. The molecule has 0 spiro atoms. The molecule has 0 aromatic rings. The van der Waals surface area contributed by atoms with E-state index < -0.39 is 6.04 Å². The predicted octanol–water partition coefficient (Wildman–Crippen LogP) is 0.385. The second kappa shape index (κ2) is 6.37. The van der Waals surface area contributed by atoms with E-state index in [1.165, 1.54) is 0 Å². The van der Waals surface area contributed by atoms with Crippen LogP contribution in [0.2, 0.25) is 0 Å². The molecule has 0 bridgehead atoms. The van der Waals surface area contributed by atoms with E-state index in [1.807, 2.05) is 13.8 Å². The number of nitrogens with one attached hydrogen (secondary N) is 1. The maximum absolute atomic E-state index is 11.4. The number of hydrogen-bond acceptors (Lipinski definition) is 3. The number of nitrogens with zero attached hydrogens (tertiary/aromatic N) is 1. The van der Waals surface area contributed by atoms with Crippen LogP contribution in [0.5, 0.6) is 0 Å². The molecule has 0 aliphatic heterocycles. The maximum atomic E-state index is 11.4. The van der Waals surface area contributed by atoms with Crippen LogP contribution in [0.15, 0.2) is 0 Å². The molecule has 5 heteroatoms. The van der Waals surface area contributed by atoms with Crippen LogP contribution in [0.3, 0.4) is 0 Å². The molecule has 0 aromatic heterocycles. The Bertz CT molecular complexity index is 194. The summed E-state index contributed by atoms with van der Waals surface area (Å²) in [7, 11) is 0. The summed E-state index contributed by atoms with van der Waals surface area (Å²) >= 11 is 0. The standard InChI is InChI=1S/C9H18N2O3/c1-4-8(11(14)6-12)9(13)10-5-7(2)3/h6-8,14H,4-5H2,1-3H3,(H,10,13)/t8-/m1/s1. The molecule has 0 saturated heterocycles. The van der Waals surface area contributed by atoms with E-state index in [0.717, 1.165) is 0 Å². The van der Waals surface area contributed by atoms with Crippen molar-refractivity contribution in [3.8, 4) is 0 Å². The summed E-state index contributed by atoms with van der Waals surface area (Å²) in [4.78, 5) is 21.7. The highest BCUT2D eigenvalue weighted by molar-refractivity contribution is 5.83. The van der Waals surface area contributed by atoms with Crippen molar-refractivity contribution in [3.63, 3.8) is 0 Å². The molecular formula is C9H18N2O3. The van der Waals surface area contributed by atoms with Crippen molar-refractivity contribution in [1.29, 1.82) is 0 Å². The average Bonchev–Trinajstić information content (AvgIpc) is 2.15. The van der Waals surface area contributed by atoms with Gasteiger partial charge in [-0.3, -0.25) is 14.8 Å². The molecule has 2 N–H and O–H groups in total. The lowest BCUT2D eigenvalue weighted by Crippen LogP contribution is -2.45. The molecule has 82 valence electrons. The third-order valence-corrected chi connectivity index (χ3v) is 1.80. The number of carbonyl (C=O) groups is 2. The molecule has 2 amide bonds. The van der Waals surface area contributed by atoms with Crippen LogP contribution in [-0.4, -0.2) is 35.2 Å². The highest BCUT2D eigenvalue weighted by Gasteiger charge is 2.21. The van der Waals surface area contributed by atoms with Crippen LogP contribution < -0.4 is 5.32 Å². The molecule has 0 unspecified atom stereocenters. The predicted molar refractivity (Wildman–Crippen MR) is 51.6 cm³/mol. The summed E-state index contributed by atoms with van der Waals surface area (Å²) in [6.07, 6.45) is 0.627. The van der Waals surface area contributed by atoms with E-state index in [2.05, 4.69) is 5.32 Å². The Kier molecular flexibility index (Phi) is 5.87. The molecule has 0 rings (SSSR count). The first-order valence-electron chi connectivity index (χ1n) is 4.73. The highest BCUT2D eigenvalue weighted by atomic mass is 16.5. The molecule has 0 aliphatic carbocycles. The second-order valence-electron chi connectivity index (χ2n) is 3.55. The fourth-order valence-corrected chi connectivity index (χ4v) is 0.989. The molecule has 0 radical (unpaired) electrons. The van der Waals surface area contributed by atoms with Gasteiger partial charge in [-0.1, -0.05) is 20.8 Å². The van der Waals surface area contributed by atoms with Gasteiger partial charge < -0.3 is 5.32 Å². The van der Waals surface area contributed by atoms with Gasteiger partial charge in [0.2, 0.25) is 12.3 Å². The molecular weight excluding hydrogens is 184 g/mol. The number of hydroxylamine groups is 2. The van der Waals surface area contributed by atoms with Crippen molar-refractivity contribution in [2.75, 3.05) is 6.54 Å². The first kappa shape index (κ1) is 12.9. The van der Waals surface area contributed by atoms with Crippen molar-refractivity contribution in [3.05, 3.63) is 0 Å². The molecule has 0 heterocycles. The van der Waals surface area contributed by atoms with Crippen LogP contribution in [0, 0.1) is 5.92 Å². The van der Waals surface area contributed by atoms with Gasteiger partial charge in [0, 0.05) is 6.54 Å². The Morgan fingerprint density at radius 2 is 2.14 bits per heavy atom. The van der Waals surface area contributed by atoms with E-state index in [1.54, 1.807) is 6.92 Å². The van der Waals surface area contributed by atoms with Gasteiger partial charge in [0.15, 0.2) is 0 Å². The molecule has 0 fully saturated rings. The molecule has 0 saturated carbocycles. The lowest BCUT2D eigenvalue weighted by atomic mass is 10.2. The van der Waals surface area contributed by atoms with E-state index in [0.29, 0.717) is 23.9 Å². The Balaban J connectivity index is 4.11. The smallest absolute Gasteiger partial charge is 0.245 e. The highest BCUT2D eigenvalue weighted by Crippen LogP contribution is 1.99. The summed E-state index contributed by atoms with van der Waals surface area (Å²) in [5.41, 5.74) is 0. The minimum Gasteiger partial charge on any atom is -0.354 e. The van der Waals surface area contributed by atoms with Crippen LogP contribution >= 0.6 is 0 Å². The normalized spacial score (nSPS) is 12.4. The number of amides is 2. The van der Waals surface area contributed by atoms with Gasteiger partial charge in [0.05, 0.1) is 0 Å². The Labute approximate surface area is 84.0 Å². The number of hydrogen-bond donors (Lipinski definition) is 2. The quantitative estimate of drug-likeness (QED) is 0.372. The van der Waals surface area contributed by atoms with E-state index in [-0.39, 0.29) is 12.3 Å². The van der Waals surface area contributed by atoms with Gasteiger partial charge >= 0.3 is 0 Å². The third-order valence-electron chi connectivity index (χ3n) is 1.80. The minimum atomic E-state index is -0.786. The van der Waals surface area contributed by atoms with E-state index >= 15 is 0 Å². The Morgan fingerprint density at radius 1 is 1.57 bits per heavy atom. The van der Waals surface area contributed by atoms with Gasteiger partial charge in [0.1, 0.15) is 6.04 Å². The lowest BCUT2D eigenvalue weighted by molar-refractivity contribution is -0.167. The SMILES string of the molecule is CC[C@H](C(=O)NCC(C)C)N(O)C=O. The summed E-state index contributed by atoms with van der Waals surface area (Å²) in [5.74, 6) is 0.0237. The molecule has 1 atom stereocenters. The monoisotopic (exact) mass is 202 g/mol. The van der Waals surface area contributed by atoms with Crippen molar-refractivity contribution in [2.24, 2.45) is 5.92 Å². The lowest BCUT2D eigenvalue weighted by Gasteiger charge is -2.20. The van der Waals surface area contributed by atoms with Crippen molar-refractivity contribution in [1.82, 2.24) is 10.4 Å². The van der Waals surface area contributed by atoms with Crippen molar-refractivity contribution < 1.29 is 14.8 Å². The largest absolute Gasteiger partial charge is 0.354 e. The molecule has 0 aliphatic rings. The minimum absolute atomic E-state index is 0.239. The topological polar surface area (TPSA) is 69.6 Å². The Hall–Kier alpha value is -1.10. The van der Waals surface area contributed by atoms with Crippen molar-refractivity contribution in [2.45, 2.75) is 33.2 Å². The number of rotatable bonds is 6. The summed E-state index contributed by atoms with van der Waals surface area (Å²) < 4.78 is 0. The molecule has 5 nitrogen and oxygen atoms in total. The fourth-order valence-electron chi connectivity index (χ4n) is 0.989. The van der Waals surface area contributed by atoms with E-state index in [4.69, 9.17) is 5.21 Å². The first-order valence-corrected chi connectivity index (χ1v) is 4.73. The zero-order valence-electron chi connectivity index (χ0n) is 8.86. The summed E-state index contributed by atoms with van der Waals surface area (Å²) in [6, 6.07) is -0.786. The van der Waals surface area contributed by atoms with Crippen LogP contribution in [0.25, 0.3) is 0 Å². The maximum Gasteiger partial charge on any atom is 0.245 e. The van der Waals surface area contributed by atoms with Crippen LogP contribution in [-0.2, 0) is 9.59 Å². The summed E-state index contributed by atoms with van der Waals surface area (Å²) in [5, 5.41) is 12.1. The zero-order valence-corrected chi connectivity index (χ0v) is 8.86. The van der Waals surface area contributed by atoms with Gasteiger partial charge in [-0.15, -0.1) is 0 Å². The first-order chi connectivity index (χ1) is 6.52. The van der Waals surface area contributed by atoms with E-state index in [9.17, 15) is 9.59 Å². The molecule has 14 heavy (non-hydrogen) atoms.